The molecule has 134 valence electrons. The van der Waals surface area contributed by atoms with Gasteiger partial charge in [0.15, 0.2) is 6.61 Å². The number of carbonyl (C=O) groups is 2. The average Bonchev–Trinajstić information content (AvgIpc) is 3.03. The number of amides is 1. The van der Waals surface area contributed by atoms with E-state index in [1.807, 2.05) is 24.3 Å². The summed E-state index contributed by atoms with van der Waals surface area (Å²) >= 11 is 7.16. The van der Waals surface area contributed by atoms with E-state index < -0.39 is 24.3 Å². The number of anilines is 1. The lowest BCUT2D eigenvalue weighted by Crippen LogP contribution is -2.21. The number of thiazole rings is 1. The molecule has 26 heavy (non-hydrogen) atoms. The highest BCUT2D eigenvalue weighted by Crippen LogP contribution is 2.22. The largest absolute Gasteiger partial charge is 0.456 e. The van der Waals surface area contributed by atoms with Crippen molar-refractivity contribution in [1.82, 2.24) is 4.98 Å². The van der Waals surface area contributed by atoms with E-state index in [9.17, 15) is 14.0 Å². The Bertz CT molecular complexity index is 928. The van der Waals surface area contributed by atoms with Crippen molar-refractivity contribution in [2.45, 2.75) is 12.8 Å². The first-order chi connectivity index (χ1) is 12.5. The quantitative estimate of drug-likeness (QED) is 0.638. The number of nitrogens with zero attached hydrogens (tertiary/aromatic N) is 1. The van der Waals surface area contributed by atoms with E-state index in [2.05, 4.69) is 10.3 Å². The molecule has 0 bridgehead atoms. The fourth-order valence-electron chi connectivity index (χ4n) is 2.23. The summed E-state index contributed by atoms with van der Waals surface area (Å²) in [4.78, 5) is 28.0. The minimum Gasteiger partial charge on any atom is -0.456 e. The van der Waals surface area contributed by atoms with Crippen LogP contribution in [0.4, 0.5) is 10.1 Å². The number of carbonyl (C=O) groups excluding carboxylic acids is 2. The van der Waals surface area contributed by atoms with Gasteiger partial charge in [-0.15, -0.1) is 11.3 Å². The van der Waals surface area contributed by atoms with Crippen LogP contribution in [0.5, 0.6) is 0 Å². The molecule has 8 heteroatoms. The van der Waals surface area contributed by atoms with Crippen LogP contribution in [0, 0.1) is 5.82 Å². The molecule has 0 aliphatic carbocycles. The van der Waals surface area contributed by atoms with Crippen molar-refractivity contribution < 1.29 is 18.7 Å². The number of aryl methyl sites for hydroxylation is 1. The number of benzene rings is 2. The minimum atomic E-state index is -0.659. The van der Waals surface area contributed by atoms with Gasteiger partial charge in [-0.2, -0.15) is 0 Å². The third-order valence-corrected chi connectivity index (χ3v) is 4.78. The summed E-state index contributed by atoms with van der Waals surface area (Å²) in [6.45, 7) is -0.485. The van der Waals surface area contributed by atoms with Crippen LogP contribution in [0.15, 0.2) is 42.5 Å². The Morgan fingerprint density at radius 3 is 2.81 bits per heavy atom. The molecule has 1 heterocycles. The number of halogens is 2. The van der Waals surface area contributed by atoms with Crippen LogP contribution in [0.25, 0.3) is 10.2 Å². The molecule has 1 aromatic heterocycles. The van der Waals surface area contributed by atoms with Crippen LogP contribution in [-0.2, 0) is 20.7 Å². The maximum Gasteiger partial charge on any atom is 0.306 e. The van der Waals surface area contributed by atoms with Gasteiger partial charge in [0.05, 0.1) is 27.3 Å². The van der Waals surface area contributed by atoms with Gasteiger partial charge in [-0.1, -0.05) is 23.7 Å². The summed E-state index contributed by atoms with van der Waals surface area (Å²) in [5.74, 6) is -1.80. The molecule has 0 spiro atoms. The second-order valence-corrected chi connectivity index (χ2v) is 6.96. The second kappa shape index (κ2) is 8.25. The molecule has 5 nitrogen and oxygen atoms in total. The standard InChI is InChI=1S/C18H14ClFN2O3S/c19-11-5-6-13(12(20)9-11)21-16(23)10-25-18(24)8-7-17-22-14-3-1-2-4-15(14)26-17/h1-6,9H,7-8,10H2,(H,21,23). The van der Waals surface area contributed by atoms with E-state index in [0.29, 0.717) is 6.42 Å². The number of rotatable bonds is 6. The molecule has 2 aromatic carbocycles. The Hall–Kier alpha value is -2.51. The van der Waals surface area contributed by atoms with Crippen molar-refractivity contribution in [3.63, 3.8) is 0 Å². The molecule has 3 rings (SSSR count). The summed E-state index contributed by atoms with van der Waals surface area (Å²) in [5, 5.41) is 3.38. The summed E-state index contributed by atoms with van der Waals surface area (Å²) < 4.78 is 19.6. The normalized spacial score (nSPS) is 10.7. The molecule has 0 aliphatic heterocycles. The highest BCUT2D eigenvalue weighted by atomic mass is 35.5. The Kier molecular flexibility index (Phi) is 5.80. The fourth-order valence-corrected chi connectivity index (χ4v) is 3.36. The Labute approximate surface area is 157 Å². The molecule has 0 saturated heterocycles. The number of ether oxygens (including phenoxy) is 1. The van der Waals surface area contributed by atoms with Gasteiger partial charge in [0.1, 0.15) is 5.82 Å². The lowest BCUT2D eigenvalue weighted by atomic mass is 10.3. The summed E-state index contributed by atoms with van der Waals surface area (Å²) in [5.41, 5.74) is 0.871. The maximum atomic E-state index is 13.6. The Morgan fingerprint density at radius 1 is 1.23 bits per heavy atom. The molecule has 0 radical (unpaired) electrons. The zero-order valence-electron chi connectivity index (χ0n) is 13.5. The van der Waals surface area contributed by atoms with Crippen molar-refractivity contribution in [2.75, 3.05) is 11.9 Å². The fraction of sp³-hybridized carbons (Fsp3) is 0.167. The highest BCUT2D eigenvalue weighted by Gasteiger charge is 2.12. The van der Waals surface area contributed by atoms with Gasteiger partial charge < -0.3 is 10.1 Å². The van der Waals surface area contributed by atoms with Crippen LogP contribution >= 0.6 is 22.9 Å². The number of hydrogen-bond acceptors (Lipinski definition) is 5. The van der Waals surface area contributed by atoms with Crippen molar-refractivity contribution >= 4 is 50.7 Å². The first kappa shape index (κ1) is 18.3. The maximum absolute atomic E-state index is 13.6. The van der Waals surface area contributed by atoms with Crippen molar-refractivity contribution in [2.24, 2.45) is 0 Å². The molecule has 0 saturated carbocycles. The minimum absolute atomic E-state index is 0.0232. The van der Waals surface area contributed by atoms with Gasteiger partial charge >= 0.3 is 5.97 Å². The van der Waals surface area contributed by atoms with Gasteiger partial charge in [-0.25, -0.2) is 9.37 Å². The summed E-state index contributed by atoms with van der Waals surface area (Å²) in [7, 11) is 0. The number of para-hydroxylation sites is 1. The first-order valence-electron chi connectivity index (χ1n) is 7.76. The van der Waals surface area contributed by atoms with E-state index in [1.54, 1.807) is 0 Å². The lowest BCUT2D eigenvalue weighted by molar-refractivity contribution is -0.147. The average molecular weight is 393 g/mol. The predicted octanol–water partition coefficient (Wildman–Crippen LogP) is 4.20. The van der Waals surface area contributed by atoms with Gasteiger partial charge in [0, 0.05) is 11.4 Å². The molecule has 0 fully saturated rings. The van der Waals surface area contributed by atoms with Gasteiger partial charge in [0.2, 0.25) is 0 Å². The molecule has 0 aliphatic rings. The molecular formula is C18H14ClFN2O3S. The summed E-state index contributed by atoms with van der Waals surface area (Å²) in [6, 6.07) is 11.6. The highest BCUT2D eigenvalue weighted by molar-refractivity contribution is 7.18. The summed E-state index contributed by atoms with van der Waals surface area (Å²) in [6.07, 6.45) is 0.550. The Balaban J connectivity index is 1.45. The predicted molar refractivity (Wildman–Crippen MR) is 98.9 cm³/mol. The monoisotopic (exact) mass is 392 g/mol. The van der Waals surface area contributed by atoms with E-state index in [0.717, 1.165) is 21.3 Å². The molecular weight excluding hydrogens is 379 g/mol. The first-order valence-corrected chi connectivity index (χ1v) is 8.95. The van der Waals surface area contributed by atoms with Gasteiger partial charge in [-0.3, -0.25) is 9.59 Å². The SMILES string of the molecule is O=C(COC(=O)CCc1nc2ccccc2s1)Nc1ccc(Cl)cc1F. The van der Waals surface area contributed by atoms with E-state index in [4.69, 9.17) is 16.3 Å². The van der Waals surface area contributed by atoms with Crippen LogP contribution in [0.3, 0.4) is 0 Å². The van der Waals surface area contributed by atoms with Crippen LogP contribution in [-0.4, -0.2) is 23.5 Å². The third kappa shape index (κ3) is 4.77. The Morgan fingerprint density at radius 2 is 2.04 bits per heavy atom. The van der Waals surface area contributed by atoms with Gasteiger partial charge in [0.25, 0.3) is 5.91 Å². The van der Waals surface area contributed by atoms with Crippen LogP contribution in [0.2, 0.25) is 5.02 Å². The topological polar surface area (TPSA) is 68.3 Å². The van der Waals surface area contributed by atoms with Crippen LogP contribution in [0.1, 0.15) is 11.4 Å². The number of hydrogen-bond donors (Lipinski definition) is 1. The number of aromatic nitrogens is 1. The number of esters is 1. The number of fused-ring (bicyclic) bond motifs is 1. The third-order valence-electron chi connectivity index (χ3n) is 3.45. The van der Waals surface area contributed by atoms with Crippen molar-refractivity contribution in [3.05, 3.63) is 58.3 Å². The molecule has 1 N–H and O–H groups in total. The second-order valence-electron chi connectivity index (χ2n) is 5.41. The van der Waals surface area contributed by atoms with E-state index in [-0.39, 0.29) is 17.1 Å². The zero-order chi connectivity index (χ0) is 18.5. The van der Waals surface area contributed by atoms with E-state index in [1.165, 1.54) is 23.5 Å². The molecule has 1 amide bonds. The number of nitrogens with one attached hydrogen (secondary N) is 1. The van der Waals surface area contributed by atoms with Crippen LogP contribution < -0.4 is 5.32 Å². The molecule has 3 aromatic rings. The molecule has 0 atom stereocenters. The van der Waals surface area contributed by atoms with Gasteiger partial charge in [-0.05, 0) is 30.3 Å². The molecule has 0 unspecified atom stereocenters. The lowest BCUT2D eigenvalue weighted by Gasteiger charge is -2.07. The van der Waals surface area contributed by atoms with Crippen molar-refractivity contribution in [3.8, 4) is 0 Å². The van der Waals surface area contributed by atoms with E-state index >= 15 is 0 Å². The zero-order valence-corrected chi connectivity index (χ0v) is 15.1. The smallest absolute Gasteiger partial charge is 0.306 e. The van der Waals surface area contributed by atoms with Crippen molar-refractivity contribution in [1.29, 1.82) is 0 Å².